The molecule has 0 spiro atoms. The maximum atomic E-state index is 13.3. The Morgan fingerprint density at radius 3 is 2.03 bits per heavy atom. The number of benzene rings is 1. The van der Waals surface area contributed by atoms with Gasteiger partial charge in [-0.2, -0.15) is 0 Å². The van der Waals surface area contributed by atoms with E-state index >= 15 is 0 Å². The van der Waals surface area contributed by atoms with Crippen LogP contribution in [0.4, 0.5) is 4.79 Å². The van der Waals surface area contributed by atoms with Crippen molar-refractivity contribution in [2.24, 2.45) is 0 Å². The van der Waals surface area contributed by atoms with E-state index in [-0.39, 0.29) is 5.60 Å². The van der Waals surface area contributed by atoms with Crippen LogP contribution >= 0.6 is 0 Å². The van der Waals surface area contributed by atoms with Gasteiger partial charge in [0.1, 0.15) is 5.60 Å². The van der Waals surface area contributed by atoms with Gasteiger partial charge in [0.05, 0.1) is 5.60 Å². The van der Waals surface area contributed by atoms with E-state index in [0.29, 0.717) is 13.0 Å². The molecule has 5 nitrogen and oxygen atoms in total. The summed E-state index contributed by atoms with van der Waals surface area (Å²) in [6.45, 7) is 4.57. The van der Waals surface area contributed by atoms with Crippen molar-refractivity contribution in [3.05, 3.63) is 35.9 Å². The lowest BCUT2D eigenvalue weighted by atomic mass is 9.83. The lowest BCUT2D eigenvalue weighted by molar-refractivity contribution is -0.253. The van der Waals surface area contributed by atoms with Gasteiger partial charge >= 0.3 is 6.09 Å². The minimum Gasteiger partial charge on any atom is -0.443 e. The van der Waals surface area contributed by atoms with E-state index in [1.54, 1.807) is 0 Å². The molecule has 3 rings (SSSR count). The predicted octanol–water partition coefficient (Wildman–Crippen LogP) is 6.19. The van der Waals surface area contributed by atoms with Gasteiger partial charge < -0.3 is 14.6 Å². The second-order valence-corrected chi connectivity index (χ2v) is 9.44. The van der Waals surface area contributed by atoms with Crippen molar-refractivity contribution >= 4 is 6.09 Å². The number of hydrogen-bond acceptors (Lipinski definition) is 4. The lowest BCUT2D eigenvalue weighted by Crippen LogP contribution is -2.51. The van der Waals surface area contributed by atoms with Crippen LogP contribution in [0.1, 0.15) is 96.5 Å². The fourth-order valence-electron chi connectivity index (χ4n) is 5.19. The third-order valence-electron chi connectivity index (χ3n) is 7.46. The van der Waals surface area contributed by atoms with Gasteiger partial charge in [-0.25, -0.2) is 4.79 Å². The van der Waals surface area contributed by atoms with E-state index in [4.69, 9.17) is 9.47 Å². The third kappa shape index (κ3) is 6.45. The summed E-state index contributed by atoms with van der Waals surface area (Å²) in [5.74, 6) is 0. The smallest absolute Gasteiger partial charge is 0.414 e. The normalized spacial score (nSPS) is 21.3. The zero-order valence-electron chi connectivity index (χ0n) is 19.5. The van der Waals surface area contributed by atoms with Crippen LogP contribution in [0.15, 0.2) is 30.3 Å². The fourth-order valence-corrected chi connectivity index (χ4v) is 5.19. The van der Waals surface area contributed by atoms with Crippen molar-refractivity contribution in [1.82, 2.24) is 4.90 Å². The van der Waals surface area contributed by atoms with Crippen LogP contribution in [0.3, 0.4) is 0 Å². The van der Waals surface area contributed by atoms with Crippen molar-refractivity contribution in [1.29, 1.82) is 0 Å². The Hall–Kier alpha value is -1.59. The number of amides is 1. The molecular weight excluding hydrogens is 390 g/mol. The molecule has 174 valence electrons. The van der Waals surface area contributed by atoms with E-state index < -0.39 is 18.1 Å². The van der Waals surface area contributed by atoms with Gasteiger partial charge in [0.2, 0.25) is 6.41 Å². The summed E-state index contributed by atoms with van der Waals surface area (Å²) in [7, 11) is 0. The number of aliphatic hydroxyl groups excluding tert-OH is 1. The zero-order valence-corrected chi connectivity index (χ0v) is 19.5. The molecule has 0 aromatic heterocycles. The van der Waals surface area contributed by atoms with E-state index in [1.807, 2.05) is 30.3 Å². The van der Waals surface area contributed by atoms with Crippen molar-refractivity contribution in [3.63, 3.8) is 0 Å². The third-order valence-corrected chi connectivity index (χ3v) is 7.46. The Kier molecular flexibility index (Phi) is 8.79. The fraction of sp³-hybridized carbons (Fsp3) is 0.731. The number of ether oxygens (including phenoxy) is 2. The molecule has 1 amide bonds. The molecule has 1 aromatic rings. The number of carbonyl (C=O) groups excluding carboxylic acids is 1. The highest BCUT2D eigenvalue weighted by molar-refractivity contribution is 5.68. The molecule has 0 bridgehead atoms. The average Bonchev–Trinajstić information content (AvgIpc) is 2.81. The molecule has 31 heavy (non-hydrogen) atoms. The molecule has 0 radical (unpaired) electrons. The lowest BCUT2D eigenvalue weighted by Gasteiger charge is -2.42. The summed E-state index contributed by atoms with van der Waals surface area (Å²) >= 11 is 0. The maximum Gasteiger partial charge on any atom is 0.414 e. The SMILES string of the molecule is CCC1(OC(=O)N(CCc2ccccc2)C(O)OC2(CC)CCCCC2)CCCCC1. The molecule has 0 saturated heterocycles. The molecule has 1 unspecified atom stereocenters. The number of rotatable bonds is 9. The van der Waals surface area contributed by atoms with E-state index in [1.165, 1.54) is 17.7 Å². The van der Waals surface area contributed by atoms with E-state index in [0.717, 1.165) is 69.8 Å². The first kappa shape index (κ1) is 24.1. The van der Waals surface area contributed by atoms with Crippen molar-refractivity contribution in [2.75, 3.05) is 6.54 Å². The largest absolute Gasteiger partial charge is 0.443 e. The van der Waals surface area contributed by atoms with Crippen LogP contribution in [0.5, 0.6) is 0 Å². The van der Waals surface area contributed by atoms with E-state index in [9.17, 15) is 9.90 Å². The molecule has 1 aromatic carbocycles. The van der Waals surface area contributed by atoms with Crippen LogP contribution in [0, 0.1) is 0 Å². The molecule has 2 saturated carbocycles. The summed E-state index contributed by atoms with van der Waals surface area (Å²) in [5, 5.41) is 11.1. The highest BCUT2D eigenvalue weighted by atomic mass is 16.7. The van der Waals surface area contributed by atoms with Crippen LogP contribution in [0.25, 0.3) is 0 Å². The summed E-state index contributed by atoms with van der Waals surface area (Å²) in [5.41, 5.74) is 0.363. The number of aliphatic hydroxyl groups is 1. The highest BCUT2D eigenvalue weighted by Crippen LogP contribution is 2.37. The Bertz CT molecular complexity index is 665. The predicted molar refractivity (Wildman–Crippen MR) is 123 cm³/mol. The Labute approximate surface area is 188 Å². The van der Waals surface area contributed by atoms with Gasteiger partial charge in [-0.1, -0.05) is 69.9 Å². The second kappa shape index (κ2) is 11.3. The molecule has 2 fully saturated rings. The molecule has 0 aliphatic heterocycles. The minimum absolute atomic E-state index is 0.351. The topological polar surface area (TPSA) is 59.0 Å². The van der Waals surface area contributed by atoms with Gasteiger partial charge in [-0.15, -0.1) is 0 Å². The van der Waals surface area contributed by atoms with Gasteiger partial charge in [-0.05, 0) is 63.4 Å². The molecular formula is C26H41NO4. The molecule has 5 heteroatoms. The molecule has 2 aliphatic rings. The number of hydrogen-bond donors (Lipinski definition) is 1. The molecule has 1 N–H and O–H groups in total. The minimum atomic E-state index is -1.29. The summed E-state index contributed by atoms with van der Waals surface area (Å²) < 4.78 is 12.3. The Balaban J connectivity index is 1.73. The van der Waals surface area contributed by atoms with Crippen molar-refractivity contribution < 1.29 is 19.4 Å². The number of carbonyl (C=O) groups is 1. The monoisotopic (exact) mass is 431 g/mol. The van der Waals surface area contributed by atoms with Crippen LogP contribution in [-0.2, 0) is 15.9 Å². The van der Waals surface area contributed by atoms with Gasteiger partial charge in [0, 0.05) is 6.54 Å². The first-order valence-electron chi connectivity index (χ1n) is 12.4. The summed E-state index contributed by atoms with van der Waals surface area (Å²) in [4.78, 5) is 14.7. The van der Waals surface area contributed by atoms with Crippen LogP contribution in [0.2, 0.25) is 0 Å². The van der Waals surface area contributed by atoms with Gasteiger partial charge in [0.15, 0.2) is 0 Å². The maximum absolute atomic E-state index is 13.3. The summed E-state index contributed by atoms with van der Waals surface area (Å²) in [6.07, 6.45) is 11.0. The van der Waals surface area contributed by atoms with Crippen LogP contribution < -0.4 is 0 Å². The molecule has 0 heterocycles. The van der Waals surface area contributed by atoms with E-state index in [2.05, 4.69) is 13.8 Å². The quantitative estimate of drug-likeness (QED) is 0.474. The zero-order chi connectivity index (χ0) is 22.2. The summed E-state index contributed by atoms with van der Waals surface area (Å²) in [6, 6.07) is 10.1. The van der Waals surface area contributed by atoms with Gasteiger partial charge in [0.25, 0.3) is 0 Å². The van der Waals surface area contributed by atoms with Gasteiger partial charge in [-0.3, -0.25) is 4.90 Å². The highest BCUT2D eigenvalue weighted by Gasteiger charge is 2.40. The van der Waals surface area contributed by atoms with Crippen molar-refractivity contribution in [2.45, 2.75) is 115 Å². The Morgan fingerprint density at radius 2 is 1.48 bits per heavy atom. The number of nitrogens with zero attached hydrogens (tertiary/aromatic N) is 1. The van der Waals surface area contributed by atoms with Crippen molar-refractivity contribution in [3.8, 4) is 0 Å². The first-order chi connectivity index (χ1) is 15.0. The first-order valence-corrected chi connectivity index (χ1v) is 12.4. The average molecular weight is 432 g/mol. The molecule has 2 aliphatic carbocycles. The standard InChI is InChI=1S/C26H41NO4/c1-3-25(17-10-6-11-18-25)30-23(28)27(21-16-22-14-8-5-9-15-22)24(29)31-26(4-2)19-12-7-13-20-26/h5,8-9,14-15,23,28H,3-4,6-7,10-13,16-21H2,1-2H3. The second-order valence-electron chi connectivity index (χ2n) is 9.44. The molecule has 1 atom stereocenters. The van der Waals surface area contributed by atoms with Crippen LogP contribution in [-0.4, -0.2) is 40.3 Å². The Morgan fingerprint density at radius 1 is 0.935 bits per heavy atom.